The second kappa shape index (κ2) is 8.17. The number of hydrogen-bond donors (Lipinski definition) is 1. The minimum Gasteiger partial charge on any atom is -0.482 e. The highest BCUT2D eigenvalue weighted by Gasteiger charge is 2.31. The summed E-state index contributed by atoms with van der Waals surface area (Å²) >= 11 is 0. The Labute approximate surface area is 181 Å². The van der Waals surface area contributed by atoms with Crippen LogP contribution in [0.15, 0.2) is 42.5 Å². The number of nitrogens with one attached hydrogen (secondary N) is 1. The number of rotatable bonds is 4. The highest BCUT2D eigenvalue weighted by molar-refractivity contribution is 6.01. The lowest BCUT2D eigenvalue weighted by Crippen LogP contribution is -2.40. The topological polar surface area (TPSA) is 75.7 Å². The number of nitrogens with zero attached hydrogens (tertiary/aromatic N) is 1. The van der Waals surface area contributed by atoms with E-state index in [-0.39, 0.29) is 30.1 Å². The summed E-state index contributed by atoms with van der Waals surface area (Å²) in [5, 5.41) is 2.75. The van der Waals surface area contributed by atoms with Crippen LogP contribution in [0.2, 0.25) is 0 Å². The number of ether oxygens (including phenoxy) is 1. The molecule has 6 nitrogen and oxygen atoms in total. The number of benzene rings is 2. The fraction of sp³-hybridized carbons (Fsp3) is 0.400. The first kappa shape index (κ1) is 19.8. The lowest BCUT2D eigenvalue weighted by Gasteiger charge is -2.32. The monoisotopic (exact) mass is 418 g/mol. The summed E-state index contributed by atoms with van der Waals surface area (Å²) in [4.78, 5) is 39.4. The number of aryl methyl sites for hydroxylation is 1. The van der Waals surface area contributed by atoms with E-state index in [1.807, 2.05) is 4.90 Å². The van der Waals surface area contributed by atoms with E-state index in [2.05, 4.69) is 29.6 Å². The molecular formula is C25H26N2O4. The first-order chi connectivity index (χ1) is 15.1. The fourth-order valence-electron chi connectivity index (χ4n) is 5.06. The standard InChI is InChI=1S/C25H26N2O4/c28-23-15-31-22-8-7-19(13-21(22)26-23)25(30)17-9-11-27(12-10-17)24(29)14-18-6-5-16-3-1-2-4-20(16)18/h1-4,7-8,13,17-18H,5-6,9-12,14-15H2,(H,26,28). The van der Waals surface area contributed by atoms with Crippen LogP contribution in [0.25, 0.3) is 0 Å². The van der Waals surface area contributed by atoms with Gasteiger partial charge in [0.05, 0.1) is 5.69 Å². The Morgan fingerprint density at radius 1 is 1.06 bits per heavy atom. The summed E-state index contributed by atoms with van der Waals surface area (Å²) in [5.41, 5.74) is 3.82. The van der Waals surface area contributed by atoms with Crippen LogP contribution < -0.4 is 10.1 Å². The van der Waals surface area contributed by atoms with Gasteiger partial charge < -0.3 is 15.0 Å². The van der Waals surface area contributed by atoms with Crippen LogP contribution in [0.4, 0.5) is 5.69 Å². The van der Waals surface area contributed by atoms with Crippen LogP contribution in [0, 0.1) is 5.92 Å². The van der Waals surface area contributed by atoms with Crippen LogP contribution in [-0.2, 0) is 16.0 Å². The number of fused-ring (bicyclic) bond motifs is 2. The van der Waals surface area contributed by atoms with Gasteiger partial charge in [0.2, 0.25) is 5.91 Å². The van der Waals surface area contributed by atoms with E-state index in [0.29, 0.717) is 55.3 Å². The Morgan fingerprint density at radius 2 is 1.87 bits per heavy atom. The molecule has 2 heterocycles. The lowest BCUT2D eigenvalue weighted by molar-refractivity contribution is -0.132. The van der Waals surface area contributed by atoms with Gasteiger partial charge in [-0.25, -0.2) is 0 Å². The van der Waals surface area contributed by atoms with Crippen molar-refractivity contribution in [2.45, 2.75) is 38.0 Å². The summed E-state index contributed by atoms with van der Waals surface area (Å²) < 4.78 is 5.37. The predicted octanol–water partition coefficient (Wildman–Crippen LogP) is 3.56. The van der Waals surface area contributed by atoms with E-state index >= 15 is 0 Å². The third-order valence-corrected chi connectivity index (χ3v) is 6.79. The molecule has 0 bridgehead atoms. The third-order valence-electron chi connectivity index (χ3n) is 6.79. The fourth-order valence-corrected chi connectivity index (χ4v) is 5.06. The number of Topliss-reactive ketones (excluding diaryl/α,β-unsaturated/α-hetero) is 1. The Balaban J connectivity index is 1.18. The first-order valence-electron chi connectivity index (χ1n) is 11.0. The average molecular weight is 418 g/mol. The number of amides is 2. The quantitative estimate of drug-likeness (QED) is 0.771. The van der Waals surface area contributed by atoms with Gasteiger partial charge in [0, 0.05) is 31.0 Å². The smallest absolute Gasteiger partial charge is 0.262 e. The highest BCUT2D eigenvalue weighted by Crippen LogP contribution is 2.36. The Kier molecular flexibility index (Phi) is 5.22. The number of anilines is 1. The van der Waals surface area contributed by atoms with Crippen LogP contribution in [-0.4, -0.2) is 42.2 Å². The summed E-state index contributed by atoms with van der Waals surface area (Å²) in [6.45, 7) is 1.24. The number of hydrogen-bond acceptors (Lipinski definition) is 4. The number of carbonyl (C=O) groups is 3. The molecule has 0 radical (unpaired) electrons. The zero-order chi connectivity index (χ0) is 21.4. The summed E-state index contributed by atoms with van der Waals surface area (Å²) in [7, 11) is 0. The van der Waals surface area contributed by atoms with Gasteiger partial charge in [-0.2, -0.15) is 0 Å². The Hall–Kier alpha value is -3.15. The SMILES string of the molecule is O=C1COc2ccc(C(=O)C3CCN(C(=O)CC4CCc5ccccc54)CC3)cc2N1. The van der Waals surface area contributed by atoms with Crippen molar-refractivity contribution in [1.29, 1.82) is 0 Å². The van der Waals surface area contributed by atoms with Crippen molar-refractivity contribution in [3.05, 3.63) is 59.2 Å². The number of piperidine rings is 1. The van der Waals surface area contributed by atoms with Crippen LogP contribution in [0.1, 0.15) is 53.1 Å². The molecule has 31 heavy (non-hydrogen) atoms. The molecule has 2 aliphatic heterocycles. The molecule has 2 amide bonds. The highest BCUT2D eigenvalue weighted by atomic mass is 16.5. The maximum atomic E-state index is 13.0. The first-order valence-corrected chi connectivity index (χ1v) is 11.0. The number of ketones is 1. The molecule has 0 saturated carbocycles. The van der Waals surface area contributed by atoms with Crippen molar-refractivity contribution in [3.8, 4) is 5.75 Å². The minimum absolute atomic E-state index is 0.000770. The minimum atomic E-state index is -0.214. The summed E-state index contributed by atoms with van der Waals surface area (Å²) in [6.07, 6.45) is 3.99. The predicted molar refractivity (Wildman–Crippen MR) is 116 cm³/mol. The van der Waals surface area contributed by atoms with E-state index in [4.69, 9.17) is 4.74 Å². The van der Waals surface area contributed by atoms with E-state index in [0.717, 1.165) is 12.8 Å². The van der Waals surface area contributed by atoms with E-state index in [1.54, 1.807) is 18.2 Å². The molecule has 6 heteroatoms. The van der Waals surface area contributed by atoms with Crippen molar-refractivity contribution in [3.63, 3.8) is 0 Å². The zero-order valence-electron chi connectivity index (χ0n) is 17.4. The molecule has 160 valence electrons. The molecule has 1 N–H and O–H groups in total. The van der Waals surface area contributed by atoms with Gasteiger partial charge in [-0.15, -0.1) is 0 Å². The molecule has 1 atom stereocenters. The number of carbonyl (C=O) groups excluding carboxylic acids is 3. The molecule has 1 aliphatic carbocycles. The molecular weight excluding hydrogens is 392 g/mol. The van der Waals surface area contributed by atoms with Crippen molar-refractivity contribution in [1.82, 2.24) is 4.90 Å². The normalized spacial score (nSPS) is 20.5. The molecule has 1 saturated heterocycles. The van der Waals surface area contributed by atoms with E-state index < -0.39 is 0 Å². The van der Waals surface area contributed by atoms with Crippen molar-refractivity contribution in [2.75, 3.05) is 25.0 Å². The summed E-state index contributed by atoms with van der Waals surface area (Å²) in [5.74, 6) is 0.852. The van der Waals surface area contributed by atoms with Crippen LogP contribution >= 0.6 is 0 Å². The van der Waals surface area contributed by atoms with Gasteiger partial charge in [0.25, 0.3) is 5.91 Å². The van der Waals surface area contributed by atoms with Gasteiger partial charge in [-0.3, -0.25) is 14.4 Å². The largest absolute Gasteiger partial charge is 0.482 e. The molecule has 3 aliphatic rings. The van der Waals surface area contributed by atoms with Gasteiger partial charge in [0.15, 0.2) is 12.4 Å². The van der Waals surface area contributed by atoms with Gasteiger partial charge in [-0.1, -0.05) is 24.3 Å². The second-order valence-electron chi connectivity index (χ2n) is 8.71. The van der Waals surface area contributed by atoms with Gasteiger partial charge in [0.1, 0.15) is 5.75 Å². The molecule has 2 aromatic rings. The second-order valence-corrected chi connectivity index (χ2v) is 8.71. The Bertz CT molecular complexity index is 1040. The molecule has 2 aromatic carbocycles. The maximum absolute atomic E-state index is 13.0. The van der Waals surface area contributed by atoms with Crippen molar-refractivity contribution < 1.29 is 19.1 Å². The molecule has 5 rings (SSSR count). The van der Waals surface area contributed by atoms with Crippen LogP contribution in [0.5, 0.6) is 5.75 Å². The summed E-state index contributed by atoms with van der Waals surface area (Å²) in [6, 6.07) is 13.6. The van der Waals surface area contributed by atoms with Crippen LogP contribution in [0.3, 0.4) is 0 Å². The molecule has 0 aromatic heterocycles. The van der Waals surface area contributed by atoms with Gasteiger partial charge in [-0.05, 0) is 60.9 Å². The average Bonchev–Trinajstić information content (AvgIpc) is 3.21. The van der Waals surface area contributed by atoms with E-state index in [1.165, 1.54) is 11.1 Å². The zero-order valence-corrected chi connectivity index (χ0v) is 17.4. The molecule has 1 fully saturated rings. The number of likely N-dealkylation sites (tertiary alicyclic amines) is 1. The van der Waals surface area contributed by atoms with Gasteiger partial charge >= 0.3 is 0 Å². The maximum Gasteiger partial charge on any atom is 0.262 e. The molecule has 0 spiro atoms. The van der Waals surface area contributed by atoms with Crippen molar-refractivity contribution >= 4 is 23.3 Å². The third kappa shape index (κ3) is 3.94. The molecule has 1 unspecified atom stereocenters. The lowest BCUT2D eigenvalue weighted by atomic mass is 9.88. The Morgan fingerprint density at radius 3 is 2.71 bits per heavy atom. The van der Waals surface area contributed by atoms with E-state index in [9.17, 15) is 14.4 Å². The van der Waals surface area contributed by atoms with Crippen molar-refractivity contribution in [2.24, 2.45) is 5.92 Å².